The van der Waals surface area contributed by atoms with Gasteiger partial charge in [0, 0.05) is 11.6 Å². The second kappa shape index (κ2) is 7.76. The van der Waals surface area contributed by atoms with Crippen LogP contribution in [0, 0.1) is 5.92 Å². The van der Waals surface area contributed by atoms with Gasteiger partial charge in [0.2, 0.25) is 5.91 Å². The molecule has 0 spiro atoms. The molecule has 11 heteroatoms. The average molecular weight is 546 g/mol. The largest absolute Gasteiger partial charge is 0.460 e. The minimum absolute atomic E-state index is 0.00876. The number of nitrogens with zero attached hydrogens (tertiary/aromatic N) is 5. The van der Waals surface area contributed by atoms with Gasteiger partial charge in [0.25, 0.3) is 12.1 Å². The first-order valence-corrected chi connectivity index (χ1v) is 12.4. The second-order valence-corrected chi connectivity index (χ2v) is 10.1. The number of nitrogen functional groups attached to an aromatic ring is 1. The summed E-state index contributed by atoms with van der Waals surface area (Å²) in [6.45, 7) is 0. The molecule has 4 atom stereocenters. The van der Waals surface area contributed by atoms with Gasteiger partial charge in [-0.25, -0.2) is 15.0 Å². The van der Waals surface area contributed by atoms with Crippen molar-refractivity contribution < 1.29 is 14.3 Å². The third kappa shape index (κ3) is 3.19. The van der Waals surface area contributed by atoms with Crippen LogP contribution in [0.4, 0.5) is 11.6 Å². The van der Waals surface area contributed by atoms with Gasteiger partial charge in [-0.1, -0.05) is 18.2 Å². The second-order valence-electron chi connectivity index (χ2n) is 9.26. The number of hydrogen-bond acceptors (Lipinski definition) is 7. The summed E-state index contributed by atoms with van der Waals surface area (Å²) in [5, 5.41) is 3.51. The fourth-order valence-corrected chi connectivity index (χ4v) is 5.78. The first kappa shape index (κ1) is 21.3. The zero-order valence-corrected chi connectivity index (χ0v) is 20.4. The van der Waals surface area contributed by atoms with Gasteiger partial charge in [0.15, 0.2) is 0 Å². The number of nitrogens with one attached hydrogen (secondary N) is 1. The van der Waals surface area contributed by atoms with Crippen LogP contribution in [-0.2, 0) is 9.59 Å². The number of likely N-dealkylation sites (tertiary alicyclic amines) is 1. The van der Waals surface area contributed by atoms with Crippen LogP contribution >= 0.6 is 15.9 Å². The van der Waals surface area contributed by atoms with Crippen LogP contribution in [0.15, 0.2) is 59.5 Å². The molecule has 2 fully saturated rings. The summed E-state index contributed by atoms with van der Waals surface area (Å²) in [6, 6.07) is 14.1. The number of nitrogens with two attached hydrogens (primary N) is 1. The molecule has 1 unspecified atom stereocenters. The molecule has 2 amide bonds. The van der Waals surface area contributed by atoms with Crippen LogP contribution in [0.1, 0.15) is 19.1 Å². The lowest BCUT2D eigenvalue weighted by Gasteiger charge is -2.34. The van der Waals surface area contributed by atoms with E-state index in [1.165, 1.54) is 6.33 Å². The van der Waals surface area contributed by atoms with Crippen molar-refractivity contribution in [3.8, 4) is 17.0 Å². The molecule has 5 heterocycles. The Balaban J connectivity index is 1.28. The minimum atomic E-state index is -1.03. The molecular formula is C25H20BrN7O3. The molecule has 1 saturated heterocycles. The van der Waals surface area contributed by atoms with Gasteiger partial charge in [-0.05, 0) is 65.0 Å². The summed E-state index contributed by atoms with van der Waals surface area (Å²) in [5.74, 6) is 1.09. The summed E-state index contributed by atoms with van der Waals surface area (Å²) >= 11 is 3.32. The van der Waals surface area contributed by atoms with Gasteiger partial charge < -0.3 is 20.7 Å². The quantitative estimate of drug-likeness (QED) is 0.377. The van der Waals surface area contributed by atoms with E-state index in [9.17, 15) is 9.59 Å². The van der Waals surface area contributed by atoms with E-state index in [1.807, 2.05) is 30.3 Å². The lowest BCUT2D eigenvalue weighted by atomic mass is 10.1. The molecule has 4 aromatic rings. The maximum absolute atomic E-state index is 14.2. The van der Waals surface area contributed by atoms with Crippen molar-refractivity contribution in [1.29, 1.82) is 0 Å². The Morgan fingerprint density at radius 2 is 1.97 bits per heavy atom. The van der Waals surface area contributed by atoms with E-state index in [-0.39, 0.29) is 17.9 Å². The molecular weight excluding hydrogens is 526 g/mol. The Bertz CT molecular complexity index is 1570. The predicted octanol–water partition coefficient (Wildman–Crippen LogP) is 3.36. The SMILES string of the molecule is Nc1ncnc2c1cc1n2C(C(=O)N2[C@@H](C(=O)Nc3cccc(Br)n3)C[C@@H]3C[C@@H]32)Oc2ccccc2-1. The highest BCUT2D eigenvalue weighted by molar-refractivity contribution is 9.10. The van der Waals surface area contributed by atoms with Gasteiger partial charge >= 0.3 is 0 Å². The predicted molar refractivity (Wildman–Crippen MR) is 135 cm³/mol. The van der Waals surface area contributed by atoms with Crippen molar-refractivity contribution in [2.45, 2.75) is 31.2 Å². The number of hydrogen-bond donors (Lipinski definition) is 2. The Morgan fingerprint density at radius 1 is 1.11 bits per heavy atom. The molecule has 1 aromatic carbocycles. The van der Waals surface area contributed by atoms with Crippen molar-refractivity contribution in [1.82, 2.24) is 24.4 Å². The number of pyridine rings is 1. The number of fused-ring (bicyclic) bond motifs is 6. The van der Waals surface area contributed by atoms with E-state index in [0.29, 0.717) is 45.4 Å². The molecule has 36 heavy (non-hydrogen) atoms. The van der Waals surface area contributed by atoms with Gasteiger partial charge in [-0.15, -0.1) is 0 Å². The van der Waals surface area contributed by atoms with E-state index < -0.39 is 12.3 Å². The van der Waals surface area contributed by atoms with Crippen LogP contribution in [0.25, 0.3) is 22.3 Å². The number of anilines is 2. The lowest BCUT2D eigenvalue weighted by molar-refractivity contribution is -0.148. The Morgan fingerprint density at radius 3 is 2.83 bits per heavy atom. The van der Waals surface area contributed by atoms with Crippen molar-refractivity contribution >= 4 is 50.4 Å². The molecule has 3 N–H and O–H groups in total. The van der Waals surface area contributed by atoms with Crippen LogP contribution in [0.2, 0.25) is 0 Å². The highest BCUT2D eigenvalue weighted by Crippen LogP contribution is 2.50. The van der Waals surface area contributed by atoms with E-state index >= 15 is 0 Å². The topological polar surface area (TPSA) is 128 Å². The number of ether oxygens (including phenoxy) is 1. The van der Waals surface area contributed by atoms with Crippen LogP contribution in [0.3, 0.4) is 0 Å². The van der Waals surface area contributed by atoms with E-state index in [0.717, 1.165) is 17.7 Å². The molecule has 7 rings (SSSR count). The number of piperidine rings is 1. The highest BCUT2D eigenvalue weighted by atomic mass is 79.9. The fourth-order valence-electron chi connectivity index (χ4n) is 5.43. The Hall–Kier alpha value is -3.99. The lowest BCUT2D eigenvalue weighted by Crippen LogP contribution is -2.49. The van der Waals surface area contributed by atoms with E-state index in [4.69, 9.17) is 10.5 Å². The highest BCUT2D eigenvalue weighted by Gasteiger charge is 2.58. The molecule has 3 aromatic heterocycles. The number of halogens is 1. The maximum Gasteiger partial charge on any atom is 0.286 e. The monoisotopic (exact) mass is 545 g/mol. The van der Waals surface area contributed by atoms with E-state index in [1.54, 1.807) is 27.7 Å². The molecule has 0 bridgehead atoms. The number of carbonyl (C=O) groups is 2. The van der Waals surface area contributed by atoms with Crippen molar-refractivity contribution in [2.75, 3.05) is 11.1 Å². The van der Waals surface area contributed by atoms with Gasteiger partial charge in [-0.2, -0.15) is 0 Å². The molecule has 0 radical (unpaired) electrons. The molecule has 1 saturated carbocycles. The van der Waals surface area contributed by atoms with Crippen LogP contribution in [-0.4, -0.2) is 48.3 Å². The zero-order chi connectivity index (χ0) is 24.6. The van der Waals surface area contributed by atoms with Crippen LogP contribution in [0.5, 0.6) is 5.75 Å². The summed E-state index contributed by atoms with van der Waals surface area (Å²) in [7, 11) is 0. The third-order valence-corrected chi connectivity index (χ3v) is 7.58. The van der Waals surface area contributed by atoms with Gasteiger partial charge in [0.1, 0.15) is 40.0 Å². The normalized spacial score (nSPS) is 23.4. The van der Waals surface area contributed by atoms with Gasteiger partial charge in [-0.3, -0.25) is 14.2 Å². The van der Waals surface area contributed by atoms with Crippen LogP contribution < -0.4 is 15.8 Å². The number of aromatic nitrogens is 4. The van der Waals surface area contributed by atoms with Crippen molar-refractivity contribution in [2.24, 2.45) is 5.92 Å². The third-order valence-electron chi connectivity index (χ3n) is 7.14. The summed E-state index contributed by atoms with van der Waals surface area (Å²) < 4.78 is 8.67. The maximum atomic E-state index is 14.2. The Labute approximate surface area is 213 Å². The van der Waals surface area contributed by atoms with Gasteiger partial charge in [0.05, 0.1) is 11.1 Å². The van der Waals surface area contributed by atoms with E-state index in [2.05, 4.69) is 36.2 Å². The fraction of sp³-hybridized carbons (Fsp3) is 0.240. The standard InChI is InChI=1S/C25H20BrN7O3/c26-19-6-3-7-20(30-19)31-23(34)17-9-12-8-15(12)32(17)24(35)25-33-16(13-4-1-2-5-18(13)36-25)10-14-21(27)28-11-29-22(14)33/h1-7,10-12,15,17,25H,8-9H2,(H2,27,28,29)(H,30,31,34)/t12-,15-,17+,25?/m0/s1. The molecule has 1 aliphatic carbocycles. The summed E-state index contributed by atoms with van der Waals surface area (Å²) in [5.41, 5.74) is 8.25. The smallest absolute Gasteiger partial charge is 0.286 e. The first-order valence-electron chi connectivity index (χ1n) is 11.6. The van der Waals surface area contributed by atoms with Crippen molar-refractivity contribution in [3.63, 3.8) is 0 Å². The Kier molecular flexibility index (Phi) is 4.59. The molecule has 3 aliphatic rings. The first-order chi connectivity index (χ1) is 17.5. The minimum Gasteiger partial charge on any atom is -0.460 e. The number of amides is 2. The summed E-state index contributed by atoms with van der Waals surface area (Å²) in [6.07, 6.45) is 1.83. The number of para-hydroxylation sites is 1. The number of carbonyl (C=O) groups excluding carboxylic acids is 2. The molecule has 180 valence electrons. The number of benzene rings is 1. The summed E-state index contributed by atoms with van der Waals surface area (Å²) in [4.78, 5) is 42.0. The average Bonchev–Trinajstić information content (AvgIpc) is 3.35. The zero-order valence-electron chi connectivity index (χ0n) is 18.8. The molecule has 2 aliphatic heterocycles. The molecule has 10 nitrogen and oxygen atoms in total. The number of rotatable bonds is 3. The van der Waals surface area contributed by atoms with Crippen molar-refractivity contribution in [3.05, 3.63) is 59.5 Å².